The first kappa shape index (κ1) is 16.7. The van der Waals surface area contributed by atoms with Gasteiger partial charge in [0, 0.05) is 12.6 Å². The van der Waals surface area contributed by atoms with Crippen molar-refractivity contribution in [2.45, 2.75) is 38.3 Å². The molecular formula is C12H21ClN4O3. The van der Waals surface area contributed by atoms with E-state index in [0.717, 1.165) is 25.9 Å². The zero-order chi connectivity index (χ0) is 14.0. The molecule has 3 N–H and O–H groups in total. The van der Waals surface area contributed by atoms with Crippen molar-refractivity contribution in [1.29, 1.82) is 0 Å². The van der Waals surface area contributed by atoms with Gasteiger partial charge in [0.05, 0.1) is 0 Å². The van der Waals surface area contributed by atoms with E-state index < -0.39 is 11.6 Å². The molecule has 7 nitrogen and oxygen atoms in total. The maximum Gasteiger partial charge on any atom is 0.325 e. The quantitative estimate of drug-likeness (QED) is 0.619. The molecule has 114 valence electrons. The Morgan fingerprint density at radius 1 is 1.45 bits per heavy atom. The summed E-state index contributed by atoms with van der Waals surface area (Å²) in [4.78, 5) is 36.4. The summed E-state index contributed by atoms with van der Waals surface area (Å²) in [7, 11) is 0. The Morgan fingerprint density at radius 3 is 2.65 bits per heavy atom. The normalized spacial score (nSPS) is 24.9. The largest absolute Gasteiger partial charge is 0.351 e. The summed E-state index contributed by atoms with van der Waals surface area (Å²) in [6.45, 7) is 4.88. The first-order chi connectivity index (χ1) is 8.91. The number of amides is 4. The SMILES string of the molecule is CC1(C)C(=O)NC(=O)N1CC(=O)N[C@H]1CCCNC1.Cl. The Bertz CT molecular complexity index is 408. The minimum atomic E-state index is -0.973. The molecule has 4 amide bonds. The highest BCUT2D eigenvalue weighted by Gasteiger charge is 2.46. The van der Waals surface area contributed by atoms with Gasteiger partial charge in [-0.05, 0) is 33.2 Å². The maximum absolute atomic E-state index is 11.9. The lowest BCUT2D eigenvalue weighted by atomic mass is 10.0. The number of nitrogens with one attached hydrogen (secondary N) is 3. The van der Waals surface area contributed by atoms with Gasteiger partial charge < -0.3 is 15.5 Å². The third-order valence-electron chi connectivity index (χ3n) is 3.66. The lowest BCUT2D eigenvalue weighted by Gasteiger charge is -2.29. The van der Waals surface area contributed by atoms with Crippen molar-refractivity contribution in [3.63, 3.8) is 0 Å². The summed E-state index contributed by atoms with van der Waals surface area (Å²) < 4.78 is 0. The van der Waals surface area contributed by atoms with Crippen molar-refractivity contribution in [1.82, 2.24) is 20.9 Å². The predicted molar refractivity (Wildman–Crippen MR) is 75.6 cm³/mol. The highest BCUT2D eigenvalue weighted by molar-refractivity contribution is 6.07. The topological polar surface area (TPSA) is 90.5 Å². The van der Waals surface area contributed by atoms with Crippen LogP contribution in [-0.2, 0) is 9.59 Å². The Morgan fingerprint density at radius 2 is 2.15 bits per heavy atom. The standard InChI is InChI=1S/C12H20N4O3.ClH/c1-12(2)10(18)15-11(19)16(12)7-9(17)14-8-4-3-5-13-6-8;/h8,13H,3-7H2,1-2H3,(H,14,17)(H,15,18,19);1H/t8-;/m0./s1. The smallest absolute Gasteiger partial charge is 0.325 e. The zero-order valence-electron chi connectivity index (χ0n) is 11.7. The van der Waals surface area contributed by atoms with Crippen LogP contribution < -0.4 is 16.0 Å². The highest BCUT2D eigenvalue weighted by atomic mass is 35.5. The molecule has 0 unspecified atom stereocenters. The molecule has 0 spiro atoms. The number of carbonyl (C=O) groups excluding carboxylic acids is 3. The Labute approximate surface area is 124 Å². The summed E-state index contributed by atoms with van der Waals surface area (Å²) >= 11 is 0. The Hall–Kier alpha value is -1.34. The number of hydrogen-bond donors (Lipinski definition) is 3. The fourth-order valence-electron chi connectivity index (χ4n) is 2.36. The second kappa shape index (κ2) is 6.41. The van der Waals surface area contributed by atoms with Crippen LogP contribution in [0.2, 0.25) is 0 Å². The van der Waals surface area contributed by atoms with Gasteiger partial charge in [0.2, 0.25) is 5.91 Å². The van der Waals surface area contributed by atoms with Crippen molar-refractivity contribution < 1.29 is 14.4 Å². The van der Waals surface area contributed by atoms with E-state index in [4.69, 9.17) is 0 Å². The van der Waals surface area contributed by atoms with Crippen LogP contribution in [-0.4, -0.2) is 54.0 Å². The van der Waals surface area contributed by atoms with Crippen LogP contribution in [0.4, 0.5) is 4.79 Å². The van der Waals surface area contributed by atoms with E-state index in [1.165, 1.54) is 4.90 Å². The molecule has 2 aliphatic rings. The van der Waals surface area contributed by atoms with Gasteiger partial charge in [-0.15, -0.1) is 12.4 Å². The van der Waals surface area contributed by atoms with E-state index in [9.17, 15) is 14.4 Å². The van der Waals surface area contributed by atoms with Gasteiger partial charge in [-0.2, -0.15) is 0 Å². The number of nitrogens with zero attached hydrogens (tertiary/aromatic N) is 1. The average Bonchev–Trinajstić information content (AvgIpc) is 2.53. The molecule has 0 aromatic carbocycles. The average molecular weight is 305 g/mol. The first-order valence-electron chi connectivity index (χ1n) is 6.54. The summed E-state index contributed by atoms with van der Waals surface area (Å²) in [6, 6.07) is -0.405. The molecule has 0 aromatic rings. The molecule has 0 aliphatic carbocycles. The molecule has 20 heavy (non-hydrogen) atoms. The fraction of sp³-hybridized carbons (Fsp3) is 0.750. The van der Waals surface area contributed by atoms with Crippen molar-refractivity contribution in [3.05, 3.63) is 0 Å². The van der Waals surface area contributed by atoms with E-state index in [0.29, 0.717) is 0 Å². The summed E-state index contributed by atoms with van der Waals surface area (Å²) in [5, 5.41) is 8.31. The number of imide groups is 1. The molecule has 0 radical (unpaired) electrons. The number of urea groups is 1. The molecule has 2 heterocycles. The predicted octanol–water partition coefficient (Wildman–Crippen LogP) is -0.393. The molecule has 2 rings (SSSR count). The summed E-state index contributed by atoms with van der Waals surface area (Å²) in [6.07, 6.45) is 1.96. The second-order valence-corrected chi connectivity index (χ2v) is 5.52. The third kappa shape index (κ3) is 3.40. The van der Waals surface area contributed by atoms with Crippen LogP contribution in [0.5, 0.6) is 0 Å². The number of piperidine rings is 1. The van der Waals surface area contributed by atoms with Gasteiger partial charge in [-0.25, -0.2) is 4.79 Å². The molecule has 1 atom stereocenters. The van der Waals surface area contributed by atoms with Crippen molar-refractivity contribution >= 4 is 30.3 Å². The van der Waals surface area contributed by atoms with Gasteiger partial charge in [-0.1, -0.05) is 0 Å². The van der Waals surface area contributed by atoms with E-state index in [1.54, 1.807) is 13.8 Å². The van der Waals surface area contributed by atoms with E-state index in [-0.39, 0.29) is 36.8 Å². The molecule has 2 aliphatic heterocycles. The molecule has 0 aromatic heterocycles. The molecule has 0 saturated carbocycles. The fourth-order valence-corrected chi connectivity index (χ4v) is 2.36. The number of halogens is 1. The summed E-state index contributed by atoms with van der Waals surface area (Å²) in [5.41, 5.74) is -0.973. The maximum atomic E-state index is 11.9. The van der Waals surface area contributed by atoms with Gasteiger partial charge in [0.25, 0.3) is 5.91 Å². The molecule has 2 saturated heterocycles. The molecule has 2 fully saturated rings. The lowest BCUT2D eigenvalue weighted by Crippen LogP contribution is -2.52. The van der Waals surface area contributed by atoms with Crippen LogP contribution >= 0.6 is 12.4 Å². The third-order valence-corrected chi connectivity index (χ3v) is 3.66. The Balaban J connectivity index is 0.00000200. The number of rotatable bonds is 3. The highest BCUT2D eigenvalue weighted by Crippen LogP contribution is 2.20. The van der Waals surface area contributed by atoms with E-state index >= 15 is 0 Å². The van der Waals surface area contributed by atoms with Gasteiger partial charge >= 0.3 is 6.03 Å². The van der Waals surface area contributed by atoms with Crippen LogP contribution in [0.3, 0.4) is 0 Å². The van der Waals surface area contributed by atoms with Gasteiger partial charge in [0.1, 0.15) is 12.1 Å². The van der Waals surface area contributed by atoms with Crippen LogP contribution in [0.1, 0.15) is 26.7 Å². The summed E-state index contributed by atoms with van der Waals surface area (Å²) in [5.74, 6) is -0.601. The zero-order valence-corrected chi connectivity index (χ0v) is 12.5. The first-order valence-corrected chi connectivity index (χ1v) is 6.54. The van der Waals surface area contributed by atoms with E-state index in [1.807, 2.05) is 0 Å². The van der Waals surface area contributed by atoms with Crippen molar-refractivity contribution in [2.24, 2.45) is 0 Å². The van der Waals surface area contributed by atoms with E-state index in [2.05, 4.69) is 16.0 Å². The monoisotopic (exact) mass is 304 g/mol. The van der Waals surface area contributed by atoms with Crippen LogP contribution in [0.15, 0.2) is 0 Å². The van der Waals surface area contributed by atoms with Gasteiger partial charge in [0.15, 0.2) is 0 Å². The van der Waals surface area contributed by atoms with Crippen molar-refractivity contribution in [2.75, 3.05) is 19.6 Å². The molecular weight excluding hydrogens is 284 g/mol. The van der Waals surface area contributed by atoms with Crippen molar-refractivity contribution in [3.8, 4) is 0 Å². The second-order valence-electron chi connectivity index (χ2n) is 5.52. The molecule has 8 heteroatoms. The lowest BCUT2D eigenvalue weighted by molar-refractivity contribution is -0.127. The number of hydrogen-bond acceptors (Lipinski definition) is 4. The minimum Gasteiger partial charge on any atom is -0.351 e. The molecule has 0 bridgehead atoms. The van der Waals surface area contributed by atoms with Crippen LogP contribution in [0, 0.1) is 0 Å². The van der Waals surface area contributed by atoms with Crippen LogP contribution in [0.25, 0.3) is 0 Å². The minimum absolute atomic E-state index is 0. The van der Waals surface area contributed by atoms with Gasteiger partial charge in [-0.3, -0.25) is 14.9 Å². The number of carbonyl (C=O) groups is 3. The Kier molecular flexibility index (Phi) is 5.35.